The van der Waals surface area contributed by atoms with E-state index < -0.39 is 0 Å². The van der Waals surface area contributed by atoms with E-state index in [-0.39, 0.29) is 24.0 Å². The molecule has 1 unspecified atom stereocenters. The Kier molecular flexibility index (Phi) is 8.67. The van der Waals surface area contributed by atoms with E-state index in [1.54, 1.807) is 38.3 Å². The van der Waals surface area contributed by atoms with Crippen molar-refractivity contribution in [1.82, 2.24) is 14.9 Å². The second-order valence-corrected chi connectivity index (χ2v) is 9.20. The third-order valence-electron chi connectivity index (χ3n) is 6.37. The number of carbonyl (C=O) groups excluding carboxylic acids is 2. The second kappa shape index (κ2) is 11.5. The zero-order chi connectivity index (χ0) is 24.0. The van der Waals surface area contributed by atoms with E-state index >= 15 is 0 Å². The Bertz CT molecular complexity index is 974. The van der Waals surface area contributed by atoms with Crippen LogP contribution in [0, 0.1) is 18.8 Å². The van der Waals surface area contributed by atoms with Crippen LogP contribution in [0.3, 0.4) is 0 Å². The van der Waals surface area contributed by atoms with Gasteiger partial charge in [-0.05, 0) is 57.1 Å². The average Bonchev–Trinajstić information content (AvgIpc) is 3.03. The molecular formula is C25H33ClN4O3. The van der Waals surface area contributed by atoms with E-state index in [9.17, 15) is 9.59 Å². The summed E-state index contributed by atoms with van der Waals surface area (Å²) in [5.74, 6) is 1.79. The van der Waals surface area contributed by atoms with Gasteiger partial charge in [0.2, 0.25) is 5.91 Å². The number of halogens is 1. The number of nitrogens with two attached hydrogens (primary N) is 1. The number of benzene rings is 1. The van der Waals surface area contributed by atoms with Crippen molar-refractivity contribution in [2.24, 2.45) is 11.8 Å². The Morgan fingerprint density at radius 1 is 1.27 bits per heavy atom. The van der Waals surface area contributed by atoms with Gasteiger partial charge in [-0.25, -0.2) is 9.97 Å². The van der Waals surface area contributed by atoms with Gasteiger partial charge in [-0.2, -0.15) is 0 Å². The number of likely N-dealkylation sites (tertiary alicyclic amines) is 1. The fraction of sp³-hybridized carbons (Fsp3) is 0.520. The summed E-state index contributed by atoms with van der Waals surface area (Å²) in [4.78, 5) is 36.1. The highest BCUT2D eigenvalue weighted by atomic mass is 35.5. The fourth-order valence-electron chi connectivity index (χ4n) is 4.43. The highest BCUT2D eigenvalue weighted by molar-refractivity contribution is 6.30. The Balaban J connectivity index is 1.52. The number of ketones is 1. The van der Waals surface area contributed by atoms with Crippen LogP contribution in [0.25, 0.3) is 0 Å². The smallest absolute Gasteiger partial charge is 0.225 e. The third-order valence-corrected chi connectivity index (χ3v) is 6.68. The summed E-state index contributed by atoms with van der Waals surface area (Å²) in [6.07, 6.45) is 4.77. The normalized spacial score (nSPS) is 17.3. The maximum Gasteiger partial charge on any atom is 0.225 e. The maximum absolute atomic E-state index is 13.0. The van der Waals surface area contributed by atoms with Crippen molar-refractivity contribution in [3.05, 3.63) is 46.4 Å². The molecule has 0 bridgehead atoms. The van der Waals surface area contributed by atoms with Gasteiger partial charge in [-0.15, -0.1) is 0 Å². The highest BCUT2D eigenvalue weighted by Gasteiger charge is 2.26. The number of hydrogen-bond acceptors (Lipinski definition) is 6. The van der Waals surface area contributed by atoms with Crippen molar-refractivity contribution in [2.45, 2.75) is 52.4 Å². The third kappa shape index (κ3) is 6.67. The molecule has 2 heterocycles. The first-order chi connectivity index (χ1) is 15.8. The minimum absolute atomic E-state index is 0.0442. The highest BCUT2D eigenvalue weighted by Crippen LogP contribution is 2.27. The van der Waals surface area contributed by atoms with Crippen LogP contribution < -0.4 is 10.5 Å². The van der Waals surface area contributed by atoms with Crippen LogP contribution in [0.5, 0.6) is 5.75 Å². The number of ether oxygens (including phenoxy) is 1. The van der Waals surface area contributed by atoms with Crippen LogP contribution in [-0.2, 0) is 11.2 Å². The van der Waals surface area contributed by atoms with E-state index in [1.165, 1.54) is 0 Å². The van der Waals surface area contributed by atoms with Gasteiger partial charge < -0.3 is 15.4 Å². The summed E-state index contributed by atoms with van der Waals surface area (Å²) < 4.78 is 5.19. The van der Waals surface area contributed by atoms with Gasteiger partial charge in [-0.3, -0.25) is 9.59 Å². The number of rotatable bonds is 8. The summed E-state index contributed by atoms with van der Waals surface area (Å²) in [6, 6.07) is 7.06. The minimum atomic E-state index is -0.358. The zero-order valence-corrected chi connectivity index (χ0v) is 20.4. The molecule has 2 aromatic rings. The van der Waals surface area contributed by atoms with Gasteiger partial charge >= 0.3 is 0 Å². The van der Waals surface area contributed by atoms with Gasteiger partial charge in [-0.1, -0.05) is 30.7 Å². The molecule has 1 aromatic heterocycles. The van der Waals surface area contributed by atoms with E-state index in [2.05, 4.69) is 9.97 Å². The first-order valence-corrected chi connectivity index (χ1v) is 11.9. The van der Waals surface area contributed by atoms with Crippen LogP contribution >= 0.6 is 11.6 Å². The van der Waals surface area contributed by atoms with Gasteiger partial charge in [0.25, 0.3) is 0 Å². The monoisotopic (exact) mass is 472 g/mol. The van der Waals surface area contributed by atoms with Crippen LogP contribution in [0.15, 0.2) is 24.3 Å². The van der Waals surface area contributed by atoms with Crippen molar-refractivity contribution < 1.29 is 14.3 Å². The number of amides is 1. The van der Waals surface area contributed by atoms with E-state index in [0.29, 0.717) is 40.6 Å². The second-order valence-electron chi connectivity index (χ2n) is 8.85. The molecule has 7 nitrogen and oxygen atoms in total. The molecule has 1 aromatic carbocycles. The Hall–Kier alpha value is -2.67. The minimum Gasteiger partial charge on any atom is -0.497 e. The SMILES string of the molecule is COc1cccc(C(=O)C[C@@H](C)C(=O)N2CCCC(CCc3c(N)nc(C)nc3Cl)CC2)c1. The van der Waals surface area contributed by atoms with Crippen molar-refractivity contribution in [3.63, 3.8) is 0 Å². The topological polar surface area (TPSA) is 98.4 Å². The predicted octanol–water partition coefficient (Wildman–Crippen LogP) is 4.50. The van der Waals surface area contributed by atoms with Gasteiger partial charge in [0.15, 0.2) is 5.78 Å². The first-order valence-electron chi connectivity index (χ1n) is 11.5. The van der Waals surface area contributed by atoms with Crippen LogP contribution in [0.2, 0.25) is 5.15 Å². The molecule has 8 heteroatoms. The molecule has 0 spiro atoms. The summed E-state index contributed by atoms with van der Waals surface area (Å²) in [6.45, 7) is 5.04. The Morgan fingerprint density at radius 3 is 2.79 bits per heavy atom. The lowest BCUT2D eigenvalue weighted by atomic mass is 9.93. The van der Waals surface area contributed by atoms with Crippen LogP contribution in [0.1, 0.15) is 60.8 Å². The molecule has 1 amide bonds. The molecule has 1 aliphatic rings. The number of aromatic nitrogens is 2. The van der Waals surface area contributed by atoms with Crippen molar-refractivity contribution >= 4 is 29.1 Å². The van der Waals surface area contributed by atoms with Gasteiger partial charge in [0.05, 0.1) is 7.11 Å². The number of nitrogens with zero attached hydrogens (tertiary/aromatic N) is 3. The Labute approximate surface area is 200 Å². The first kappa shape index (κ1) is 25.0. The van der Waals surface area contributed by atoms with Gasteiger partial charge in [0, 0.05) is 36.6 Å². The summed E-state index contributed by atoms with van der Waals surface area (Å²) in [5.41, 5.74) is 7.42. The van der Waals surface area contributed by atoms with E-state index in [1.807, 2.05) is 11.8 Å². The summed E-state index contributed by atoms with van der Waals surface area (Å²) in [7, 11) is 1.57. The molecule has 0 aliphatic carbocycles. The average molecular weight is 473 g/mol. The van der Waals surface area contributed by atoms with Crippen LogP contribution in [0.4, 0.5) is 5.82 Å². The fourth-order valence-corrected chi connectivity index (χ4v) is 4.74. The summed E-state index contributed by atoms with van der Waals surface area (Å²) in [5, 5.41) is 0.431. The number of anilines is 1. The van der Waals surface area contributed by atoms with Crippen molar-refractivity contribution in [2.75, 3.05) is 25.9 Å². The lowest BCUT2D eigenvalue weighted by Crippen LogP contribution is -2.36. The van der Waals surface area contributed by atoms with E-state index in [4.69, 9.17) is 22.1 Å². The zero-order valence-electron chi connectivity index (χ0n) is 19.6. The molecule has 1 fully saturated rings. The lowest BCUT2D eigenvalue weighted by Gasteiger charge is -2.24. The summed E-state index contributed by atoms with van der Waals surface area (Å²) >= 11 is 6.27. The molecule has 0 saturated carbocycles. The number of nitrogen functional groups attached to an aromatic ring is 1. The Morgan fingerprint density at radius 2 is 2.06 bits per heavy atom. The largest absolute Gasteiger partial charge is 0.497 e. The molecule has 2 atom stereocenters. The molecule has 2 N–H and O–H groups in total. The standard InChI is InChI=1S/C25H33ClN4O3/c1-16(14-22(31)19-7-4-8-20(15-19)33-3)25(32)30-12-5-6-18(11-13-30)9-10-21-23(26)28-17(2)29-24(21)27/h4,7-8,15-16,18H,5-6,9-14H2,1-3H3,(H2,27,28,29)/t16-,18?/m1/s1. The molecule has 3 rings (SSSR count). The maximum atomic E-state index is 13.0. The van der Waals surface area contributed by atoms with Crippen molar-refractivity contribution in [3.8, 4) is 5.75 Å². The van der Waals surface area contributed by atoms with Gasteiger partial charge in [0.1, 0.15) is 22.5 Å². The molecule has 0 radical (unpaired) electrons. The lowest BCUT2D eigenvalue weighted by molar-refractivity contribution is -0.134. The molecule has 33 heavy (non-hydrogen) atoms. The van der Waals surface area contributed by atoms with Crippen LogP contribution in [-0.4, -0.2) is 46.8 Å². The number of hydrogen-bond donors (Lipinski definition) is 1. The molecule has 1 aliphatic heterocycles. The number of Topliss-reactive ketones (excluding diaryl/α,β-unsaturated/α-hetero) is 1. The number of aryl methyl sites for hydroxylation is 1. The molecular weight excluding hydrogens is 440 g/mol. The predicted molar refractivity (Wildman–Crippen MR) is 130 cm³/mol. The molecule has 1 saturated heterocycles. The van der Waals surface area contributed by atoms with E-state index in [0.717, 1.165) is 44.2 Å². The number of methoxy groups -OCH3 is 1. The molecule has 178 valence electrons. The quantitative estimate of drug-likeness (QED) is 0.448. The van der Waals surface area contributed by atoms with Crippen molar-refractivity contribution in [1.29, 1.82) is 0 Å². The number of carbonyl (C=O) groups is 2.